The molecule has 1 N–H and O–H groups in total. The van der Waals surface area contributed by atoms with E-state index < -0.39 is 11.9 Å². The van der Waals surface area contributed by atoms with Gasteiger partial charge in [-0.25, -0.2) is 0 Å². The summed E-state index contributed by atoms with van der Waals surface area (Å²) in [6.45, 7) is 7.95. The van der Waals surface area contributed by atoms with Crippen LogP contribution in [0.15, 0.2) is 0 Å². The first-order valence-corrected chi connectivity index (χ1v) is 7.87. The zero-order valence-electron chi connectivity index (χ0n) is 14.5. The number of carboxylic acid groups (broad SMARTS) is 2. The summed E-state index contributed by atoms with van der Waals surface area (Å²) in [6.07, 6.45) is 7.24. The van der Waals surface area contributed by atoms with E-state index in [1.54, 1.807) is 0 Å². The Morgan fingerprint density at radius 2 is 1.29 bits per heavy atom. The number of hydrogen-bond acceptors (Lipinski definition) is 3. The number of unbranched alkanes of at least 4 members (excludes halogenated alkanes) is 2. The fourth-order valence-corrected chi connectivity index (χ4v) is 1.89. The van der Waals surface area contributed by atoms with Gasteiger partial charge >= 0.3 is 74.9 Å². The van der Waals surface area contributed by atoms with Gasteiger partial charge in [0.15, 0.2) is 0 Å². The molecule has 0 aromatic rings. The van der Waals surface area contributed by atoms with Crippen molar-refractivity contribution in [1.29, 1.82) is 0 Å². The second-order valence-electron chi connectivity index (χ2n) is 5.15. The molecule has 4 nitrogen and oxygen atoms in total. The van der Waals surface area contributed by atoms with E-state index in [-0.39, 0.29) is 80.7 Å². The number of aliphatic carboxylic acids is 2. The van der Waals surface area contributed by atoms with Gasteiger partial charge in [0.2, 0.25) is 0 Å². The van der Waals surface area contributed by atoms with Gasteiger partial charge in [0.25, 0.3) is 0 Å². The van der Waals surface area contributed by atoms with Crippen LogP contribution in [0.2, 0.25) is 0 Å². The van der Waals surface area contributed by atoms with E-state index in [0.717, 1.165) is 44.9 Å². The van der Waals surface area contributed by atoms with Crippen LogP contribution >= 0.6 is 0 Å². The predicted octanol–water partition coefficient (Wildman–Crippen LogP) is 0.244. The molecule has 120 valence electrons. The molecule has 0 aliphatic carbocycles. The van der Waals surface area contributed by atoms with Crippen LogP contribution in [-0.4, -0.2) is 17.0 Å². The van der Waals surface area contributed by atoms with E-state index in [2.05, 4.69) is 13.8 Å². The summed E-state index contributed by atoms with van der Waals surface area (Å²) < 4.78 is 0. The molecule has 0 saturated carbocycles. The Hall–Kier alpha value is 0.992. The van der Waals surface area contributed by atoms with Crippen LogP contribution in [0.5, 0.6) is 0 Å². The van der Waals surface area contributed by atoms with E-state index in [1.165, 1.54) is 0 Å². The fraction of sp³-hybridized carbons (Fsp3) is 0.875. The van der Waals surface area contributed by atoms with Crippen molar-refractivity contribution >= 4 is 11.9 Å². The van der Waals surface area contributed by atoms with Crippen LogP contribution in [0, 0.1) is 11.8 Å². The Bertz CT molecular complexity index is 231. The molecule has 5 heteroatoms. The first-order valence-electron chi connectivity index (χ1n) is 7.87. The molecule has 0 fully saturated rings. The van der Waals surface area contributed by atoms with Crippen molar-refractivity contribution < 1.29 is 88.7 Å². The zero-order valence-corrected chi connectivity index (χ0v) is 20.8. The Morgan fingerprint density at radius 3 is 1.52 bits per heavy atom. The maximum atomic E-state index is 10.4. The smallest absolute Gasteiger partial charge is 0.550 e. The SMILES string of the molecule is CCCCC(CC)C(=O)O.CCCCC(CC)C(=O)[O-].[Cs+]. The molecule has 0 spiro atoms. The van der Waals surface area contributed by atoms with Crippen LogP contribution in [-0.2, 0) is 9.59 Å². The van der Waals surface area contributed by atoms with Gasteiger partial charge in [-0.15, -0.1) is 0 Å². The molecule has 2 unspecified atom stereocenters. The van der Waals surface area contributed by atoms with Gasteiger partial charge in [0.05, 0.1) is 5.92 Å². The third-order valence-corrected chi connectivity index (χ3v) is 3.48. The van der Waals surface area contributed by atoms with Gasteiger partial charge < -0.3 is 15.0 Å². The number of carbonyl (C=O) groups excluding carboxylic acids is 1. The standard InChI is InChI=1S/2C8H16O2.Cs/c2*1-3-5-6-7(4-2)8(9)10;/h2*7H,3-6H2,1-2H3,(H,9,10);/q;;+1/p-1. The maximum Gasteiger partial charge on any atom is 1.00 e. The van der Waals surface area contributed by atoms with Crippen LogP contribution in [0.1, 0.15) is 79.1 Å². The molecule has 0 saturated heterocycles. The van der Waals surface area contributed by atoms with Crippen molar-refractivity contribution in [3.05, 3.63) is 0 Å². The second kappa shape index (κ2) is 19.0. The van der Waals surface area contributed by atoms with Crippen molar-refractivity contribution in [1.82, 2.24) is 0 Å². The van der Waals surface area contributed by atoms with Crippen LogP contribution in [0.3, 0.4) is 0 Å². The summed E-state index contributed by atoms with van der Waals surface area (Å²) in [7, 11) is 0. The number of carbonyl (C=O) groups is 2. The Labute approximate surface area is 188 Å². The topological polar surface area (TPSA) is 77.4 Å². The predicted molar refractivity (Wildman–Crippen MR) is 79.3 cm³/mol. The first-order chi connectivity index (χ1) is 9.44. The van der Waals surface area contributed by atoms with E-state index in [4.69, 9.17) is 5.11 Å². The minimum absolute atomic E-state index is 0. The molecule has 0 rings (SSSR count). The molecule has 0 aliphatic rings. The number of carboxylic acids is 2. The average molecular weight is 420 g/mol. The molecule has 0 amide bonds. The monoisotopic (exact) mass is 420 g/mol. The van der Waals surface area contributed by atoms with Crippen molar-refractivity contribution in [2.24, 2.45) is 11.8 Å². The van der Waals surface area contributed by atoms with E-state index in [0.29, 0.717) is 6.42 Å². The second-order valence-corrected chi connectivity index (χ2v) is 5.15. The largest absolute Gasteiger partial charge is 1.00 e. The van der Waals surface area contributed by atoms with Gasteiger partial charge in [0, 0.05) is 5.97 Å². The summed E-state index contributed by atoms with van der Waals surface area (Å²) in [5.41, 5.74) is 0. The quantitative estimate of drug-likeness (QED) is 0.550. The Balaban J connectivity index is -0.000000295. The Kier molecular flexibility index (Phi) is 24.4. The molecule has 0 aliphatic heterocycles. The van der Waals surface area contributed by atoms with Crippen molar-refractivity contribution in [3.63, 3.8) is 0 Å². The van der Waals surface area contributed by atoms with Gasteiger partial charge in [-0.1, -0.05) is 53.4 Å². The molecule has 0 aromatic carbocycles. The summed E-state index contributed by atoms with van der Waals surface area (Å²) in [5.74, 6) is -1.87. The van der Waals surface area contributed by atoms with Crippen molar-refractivity contribution in [2.75, 3.05) is 0 Å². The number of hydrogen-bond donors (Lipinski definition) is 1. The van der Waals surface area contributed by atoms with Crippen LogP contribution in [0.25, 0.3) is 0 Å². The maximum absolute atomic E-state index is 10.4. The molecule has 21 heavy (non-hydrogen) atoms. The molecule has 0 bridgehead atoms. The van der Waals surface area contributed by atoms with Crippen molar-refractivity contribution in [2.45, 2.75) is 79.1 Å². The third kappa shape index (κ3) is 17.2. The van der Waals surface area contributed by atoms with Gasteiger partial charge in [-0.2, -0.15) is 0 Å². The third-order valence-electron chi connectivity index (χ3n) is 3.48. The van der Waals surface area contributed by atoms with Gasteiger partial charge in [-0.3, -0.25) is 4.79 Å². The molecule has 0 heterocycles. The summed E-state index contributed by atoms with van der Waals surface area (Å²) in [6, 6.07) is 0. The van der Waals surface area contributed by atoms with E-state index in [1.807, 2.05) is 13.8 Å². The van der Waals surface area contributed by atoms with E-state index in [9.17, 15) is 14.7 Å². The molecule has 2 atom stereocenters. The van der Waals surface area contributed by atoms with Crippen LogP contribution in [0.4, 0.5) is 0 Å². The minimum Gasteiger partial charge on any atom is -0.550 e. The minimum atomic E-state index is -0.893. The van der Waals surface area contributed by atoms with Crippen molar-refractivity contribution in [3.8, 4) is 0 Å². The Morgan fingerprint density at radius 1 is 0.905 bits per heavy atom. The van der Waals surface area contributed by atoms with Gasteiger partial charge in [-0.05, 0) is 31.6 Å². The van der Waals surface area contributed by atoms with E-state index >= 15 is 0 Å². The first kappa shape index (κ1) is 26.9. The molecular weight excluding hydrogens is 389 g/mol. The molecular formula is C16H31CsO4. The summed E-state index contributed by atoms with van der Waals surface area (Å²) >= 11 is 0. The zero-order chi connectivity index (χ0) is 16.0. The summed E-state index contributed by atoms with van der Waals surface area (Å²) in [4.78, 5) is 20.8. The molecule has 0 aromatic heterocycles. The average Bonchev–Trinajstić information content (AvgIpc) is 2.40. The van der Waals surface area contributed by atoms with Gasteiger partial charge in [0.1, 0.15) is 0 Å². The normalized spacial score (nSPS) is 12.4. The number of rotatable bonds is 10. The molecule has 0 radical (unpaired) electrons. The van der Waals surface area contributed by atoms with Crippen LogP contribution < -0.4 is 74.0 Å². The fourth-order valence-electron chi connectivity index (χ4n) is 1.89. The summed E-state index contributed by atoms with van der Waals surface area (Å²) in [5, 5.41) is 18.9.